The number of benzene rings is 2. The molecule has 0 saturated carbocycles. The fourth-order valence-electron chi connectivity index (χ4n) is 4.59. The number of nitrogens with zero attached hydrogens (tertiary/aromatic N) is 2. The summed E-state index contributed by atoms with van der Waals surface area (Å²) in [5.74, 6) is 0.534. The van der Waals surface area contributed by atoms with E-state index < -0.39 is 6.29 Å². The van der Waals surface area contributed by atoms with E-state index in [-0.39, 0.29) is 12.0 Å². The van der Waals surface area contributed by atoms with E-state index in [2.05, 4.69) is 83.0 Å². The predicted octanol–water partition coefficient (Wildman–Crippen LogP) is 5.01. The van der Waals surface area contributed by atoms with Gasteiger partial charge in [0.2, 0.25) is 6.10 Å². The van der Waals surface area contributed by atoms with Crippen molar-refractivity contribution < 1.29 is 14.4 Å². The summed E-state index contributed by atoms with van der Waals surface area (Å²) in [6.07, 6.45) is -0.968. The van der Waals surface area contributed by atoms with Crippen molar-refractivity contribution in [3.63, 3.8) is 0 Å². The molecule has 2 aromatic carbocycles. The first-order valence-corrected chi connectivity index (χ1v) is 10.1. The summed E-state index contributed by atoms with van der Waals surface area (Å²) in [6, 6.07) is 8.61. The third-order valence-corrected chi connectivity index (χ3v) is 5.76. The van der Waals surface area contributed by atoms with Crippen molar-refractivity contribution in [1.82, 2.24) is 0 Å². The lowest BCUT2D eigenvalue weighted by Crippen LogP contribution is -2.35. The van der Waals surface area contributed by atoms with E-state index in [1.165, 1.54) is 22.3 Å². The molecular formula is C24H28N2O3. The summed E-state index contributed by atoms with van der Waals surface area (Å²) in [6.45, 7) is 14.7. The lowest BCUT2D eigenvalue weighted by molar-refractivity contribution is -0.145. The lowest BCUT2D eigenvalue weighted by atomic mass is 9.88. The molecule has 2 aromatic rings. The van der Waals surface area contributed by atoms with Crippen LogP contribution in [-0.4, -0.2) is 24.0 Å². The summed E-state index contributed by atoms with van der Waals surface area (Å²) in [7, 11) is 0. The molecule has 3 atom stereocenters. The highest BCUT2D eigenvalue weighted by Crippen LogP contribution is 2.33. The van der Waals surface area contributed by atoms with E-state index in [1.807, 2.05) is 0 Å². The van der Waals surface area contributed by atoms with Crippen LogP contribution in [0.5, 0.6) is 0 Å². The van der Waals surface area contributed by atoms with Crippen LogP contribution >= 0.6 is 0 Å². The van der Waals surface area contributed by atoms with E-state index in [0.717, 1.165) is 28.0 Å². The maximum atomic E-state index is 6.10. The Hall–Kier alpha value is -2.82. The maximum Gasteiger partial charge on any atom is 0.307 e. The lowest BCUT2D eigenvalue weighted by Gasteiger charge is -2.20. The Morgan fingerprint density at radius 1 is 0.690 bits per heavy atom. The van der Waals surface area contributed by atoms with Gasteiger partial charge < -0.3 is 14.4 Å². The number of hydrogen-bond donors (Lipinski definition) is 0. The van der Waals surface area contributed by atoms with Crippen LogP contribution in [0.25, 0.3) is 0 Å². The quantitative estimate of drug-likeness (QED) is 0.738. The van der Waals surface area contributed by atoms with Crippen molar-refractivity contribution >= 4 is 11.6 Å². The van der Waals surface area contributed by atoms with Crippen molar-refractivity contribution in [3.05, 3.63) is 68.8 Å². The van der Waals surface area contributed by atoms with Crippen molar-refractivity contribution in [2.75, 3.05) is 0 Å². The zero-order chi connectivity index (χ0) is 20.9. The predicted molar refractivity (Wildman–Crippen MR) is 114 cm³/mol. The van der Waals surface area contributed by atoms with Gasteiger partial charge in [0.25, 0.3) is 5.90 Å². The molecule has 2 heterocycles. The molecule has 5 heteroatoms. The van der Waals surface area contributed by atoms with Crippen molar-refractivity contribution in [2.24, 2.45) is 16.2 Å². The van der Waals surface area contributed by atoms with E-state index >= 15 is 0 Å². The summed E-state index contributed by atoms with van der Waals surface area (Å²) < 4.78 is 6.10. The normalized spacial score (nSPS) is 23.2. The summed E-state index contributed by atoms with van der Waals surface area (Å²) in [5.41, 5.74) is 10.2. The first kappa shape index (κ1) is 19.5. The molecule has 0 amide bonds. The molecular weight excluding hydrogens is 364 g/mol. The van der Waals surface area contributed by atoms with Gasteiger partial charge in [-0.05, 0) is 69.0 Å². The highest BCUT2D eigenvalue weighted by molar-refractivity contribution is 6.05. The minimum atomic E-state index is -0.618. The highest BCUT2D eigenvalue weighted by atomic mass is 16.8. The molecule has 2 aliphatic heterocycles. The monoisotopic (exact) mass is 392 g/mol. The van der Waals surface area contributed by atoms with Gasteiger partial charge in [0.05, 0.1) is 5.71 Å². The van der Waals surface area contributed by atoms with Crippen LogP contribution in [0.15, 0.2) is 34.6 Å². The van der Waals surface area contributed by atoms with Gasteiger partial charge in [-0.25, -0.2) is 0 Å². The third kappa shape index (κ3) is 3.39. The Morgan fingerprint density at radius 3 is 1.76 bits per heavy atom. The molecule has 29 heavy (non-hydrogen) atoms. The van der Waals surface area contributed by atoms with Gasteiger partial charge in [-0.15, -0.1) is 0 Å². The number of hydrogen-bond acceptors (Lipinski definition) is 5. The number of ether oxygens (including phenoxy) is 1. The van der Waals surface area contributed by atoms with Crippen LogP contribution in [0.4, 0.5) is 0 Å². The molecule has 0 aliphatic carbocycles. The molecule has 2 aliphatic rings. The zero-order valence-corrected chi connectivity index (χ0v) is 18.2. The molecule has 0 radical (unpaired) electrons. The van der Waals surface area contributed by atoms with Gasteiger partial charge in [0, 0.05) is 17.0 Å². The van der Waals surface area contributed by atoms with Gasteiger partial charge >= 0.3 is 6.29 Å². The van der Waals surface area contributed by atoms with Crippen molar-refractivity contribution in [3.8, 4) is 0 Å². The van der Waals surface area contributed by atoms with Crippen molar-refractivity contribution in [1.29, 1.82) is 0 Å². The molecule has 0 unspecified atom stereocenters. The van der Waals surface area contributed by atoms with Crippen LogP contribution in [0.1, 0.15) is 51.4 Å². The van der Waals surface area contributed by atoms with Gasteiger partial charge in [0.1, 0.15) is 0 Å². The average molecular weight is 392 g/mol. The first-order valence-electron chi connectivity index (χ1n) is 10.1. The number of oxime groups is 2. The van der Waals surface area contributed by atoms with Crippen LogP contribution < -0.4 is 0 Å². The smallest absolute Gasteiger partial charge is 0.307 e. The molecule has 0 spiro atoms. The minimum absolute atomic E-state index is 0.0230. The SMILES string of the molecule is Cc1cc(C)c(C2=NO[C@@H]([C@H]3ON=C(c4c(C)cc(C)cc4C)[C@H]3C)O2)c(C)c1. The van der Waals surface area contributed by atoms with Gasteiger partial charge in [-0.1, -0.05) is 47.5 Å². The Balaban J connectivity index is 1.53. The summed E-state index contributed by atoms with van der Waals surface area (Å²) in [5, 5.41) is 8.64. The Kier molecular flexibility index (Phi) is 4.85. The zero-order valence-electron chi connectivity index (χ0n) is 18.2. The second-order valence-electron chi connectivity index (χ2n) is 8.37. The topological polar surface area (TPSA) is 52.4 Å². The number of rotatable bonds is 3. The molecule has 152 valence electrons. The Labute approximate surface area is 172 Å². The Bertz CT molecular complexity index is 992. The second-order valence-corrected chi connectivity index (χ2v) is 8.37. The highest BCUT2D eigenvalue weighted by Gasteiger charge is 2.44. The molecule has 0 bridgehead atoms. The van der Waals surface area contributed by atoms with Crippen LogP contribution in [0.3, 0.4) is 0 Å². The van der Waals surface area contributed by atoms with Crippen LogP contribution in [0.2, 0.25) is 0 Å². The fraction of sp³-hybridized carbons (Fsp3) is 0.417. The molecule has 0 aromatic heterocycles. The maximum absolute atomic E-state index is 6.10. The van der Waals surface area contributed by atoms with E-state index in [4.69, 9.17) is 14.4 Å². The van der Waals surface area contributed by atoms with Crippen molar-refractivity contribution in [2.45, 2.75) is 60.9 Å². The standard InChI is InChI=1S/C24H28N2O3/c1-12-8-14(3)19(15(4)9-12)21-18(7)22(28-25-21)24-27-23(26-29-24)20-16(5)10-13(2)11-17(20)6/h8-11,18,22,24H,1-7H3/t18-,22+,24+/m1/s1. The van der Waals surface area contributed by atoms with Gasteiger partial charge in [-0.3, -0.25) is 0 Å². The van der Waals surface area contributed by atoms with Crippen LogP contribution in [-0.2, 0) is 14.4 Å². The number of aryl methyl sites for hydroxylation is 6. The fourth-order valence-corrected chi connectivity index (χ4v) is 4.59. The van der Waals surface area contributed by atoms with Gasteiger partial charge in [0.15, 0.2) is 0 Å². The minimum Gasteiger partial charge on any atom is -0.429 e. The summed E-state index contributed by atoms with van der Waals surface area (Å²) in [4.78, 5) is 11.4. The molecule has 5 nitrogen and oxygen atoms in total. The largest absolute Gasteiger partial charge is 0.429 e. The molecule has 0 N–H and O–H groups in total. The second kappa shape index (κ2) is 7.21. The first-order chi connectivity index (χ1) is 13.8. The van der Waals surface area contributed by atoms with E-state index in [0.29, 0.717) is 5.90 Å². The van der Waals surface area contributed by atoms with Gasteiger partial charge in [-0.2, -0.15) is 0 Å². The molecule has 0 fully saturated rings. The van der Waals surface area contributed by atoms with E-state index in [1.54, 1.807) is 0 Å². The van der Waals surface area contributed by atoms with E-state index in [9.17, 15) is 0 Å². The molecule has 0 saturated heterocycles. The third-order valence-electron chi connectivity index (χ3n) is 5.76. The summed E-state index contributed by atoms with van der Waals surface area (Å²) >= 11 is 0. The van der Waals surface area contributed by atoms with Crippen LogP contribution in [0, 0.1) is 47.5 Å². The average Bonchev–Trinajstić information content (AvgIpc) is 3.21. The Morgan fingerprint density at radius 2 is 1.21 bits per heavy atom. The molecule has 4 rings (SSSR count).